The number of nitrogens with one attached hydrogen (secondary N) is 2. The number of amides is 1. The van der Waals surface area contributed by atoms with Crippen LogP contribution >= 0.6 is 0 Å². The summed E-state index contributed by atoms with van der Waals surface area (Å²) < 4.78 is 0. The Balaban J connectivity index is 2.09. The Morgan fingerprint density at radius 3 is 1.96 bits per heavy atom. The van der Waals surface area contributed by atoms with Gasteiger partial charge in [-0.15, -0.1) is 0 Å². The van der Waals surface area contributed by atoms with Crippen molar-refractivity contribution < 1.29 is 19.5 Å². The van der Waals surface area contributed by atoms with Gasteiger partial charge in [-0.25, -0.2) is 4.79 Å². The van der Waals surface area contributed by atoms with Crippen molar-refractivity contribution >= 4 is 23.5 Å². The van der Waals surface area contributed by atoms with E-state index in [-0.39, 0.29) is 23.6 Å². The first-order chi connectivity index (χ1) is 12.3. The predicted octanol–water partition coefficient (Wildman–Crippen LogP) is 1.60. The third-order valence-corrected chi connectivity index (χ3v) is 3.86. The normalized spacial score (nSPS) is 11.4. The lowest BCUT2D eigenvalue weighted by Crippen LogP contribution is -2.42. The van der Waals surface area contributed by atoms with Crippen molar-refractivity contribution in [1.82, 2.24) is 5.32 Å². The van der Waals surface area contributed by atoms with Crippen molar-refractivity contribution in [3.63, 3.8) is 0 Å². The number of nitrogen functional groups attached to an aromatic ring is 1. The number of carbonyl (C=O) groups excluding carboxylic acids is 2. The fourth-order valence-corrected chi connectivity index (χ4v) is 2.35. The molecule has 0 aliphatic heterocycles. The van der Waals surface area contributed by atoms with Crippen LogP contribution in [0, 0.1) is 5.41 Å². The number of Topliss-reactive ketones (excluding diaryl/α,β-unsaturated/α-hetero) is 1. The van der Waals surface area contributed by atoms with Crippen LogP contribution in [-0.4, -0.2) is 34.6 Å². The lowest BCUT2D eigenvalue weighted by Gasteiger charge is -2.15. The number of nitrogens with two attached hydrogens (primary N) is 1. The maximum Gasteiger partial charge on any atom is 0.326 e. The van der Waals surface area contributed by atoms with Gasteiger partial charge in [0, 0.05) is 23.1 Å². The predicted molar refractivity (Wildman–Crippen MR) is 96.5 cm³/mol. The van der Waals surface area contributed by atoms with Gasteiger partial charge in [-0.2, -0.15) is 0 Å². The molecule has 7 nitrogen and oxygen atoms in total. The van der Waals surface area contributed by atoms with E-state index in [1.165, 1.54) is 31.2 Å². The Hall–Kier alpha value is -3.48. The van der Waals surface area contributed by atoms with Gasteiger partial charge in [-0.3, -0.25) is 15.0 Å². The molecule has 0 fully saturated rings. The molecular formula is C19H19N3O4. The minimum absolute atomic E-state index is 0.0753. The highest BCUT2D eigenvalue weighted by Crippen LogP contribution is 2.09. The van der Waals surface area contributed by atoms with Gasteiger partial charge in [0.1, 0.15) is 11.9 Å². The summed E-state index contributed by atoms with van der Waals surface area (Å²) in [7, 11) is 0. The SMILES string of the molecule is CC(=O)c1ccc(C[C@H](NC(=O)c2ccc(C(=N)N)cc2)C(=O)O)cc1. The Morgan fingerprint density at radius 1 is 1.00 bits per heavy atom. The number of aliphatic carboxylic acids is 1. The topological polar surface area (TPSA) is 133 Å². The molecule has 0 aliphatic carbocycles. The summed E-state index contributed by atoms with van der Waals surface area (Å²) in [5, 5.41) is 19.2. The first-order valence-electron chi connectivity index (χ1n) is 7.86. The Kier molecular flexibility index (Phi) is 5.85. The fraction of sp³-hybridized carbons (Fsp3) is 0.158. The largest absolute Gasteiger partial charge is 0.480 e. The van der Waals surface area contributed by atoms with Crippen LogP contribution in [0.2, 0.25) is 0 Å². The van der Waals surface area contributed by atoms with Gasteiger partial charge in [0.25, 0.3) is 5.91 Å². The molecule has 0 spiro atoms. The van der Waals surface area contributed by atoms with Crippen molar-refractivity contribution in [2.75, 3.05) is 0 Å². The molecule has 7 heteroatoms. The van der Waals surface area contributed by atoms with Gasteiger partial charge in [-0.1, -0.05) is 36.4 Å². The summed E-state index contributed by atoms with van der Waals surface area (Å²) in [5.74, 6) is -1.88. The van der Waals surface area contributed by atoms with Crippen LogP contribution in [-0.2, 0) is 11.2 Å². The van der Waals surface area contributed by atoms with Crippen molar-refractivity contribution in [3.8, 4) is 0 Å². The van der Waals surface area contributed by atoms with Gasteiger partial charge >= 0.3 is 5.97 Å². The third-order valence-electron chi connectivity index (χ3n) is 3.86. The van der Waals surface area contributed by atoms with Gasteiger partial charge in [0.2, 0.25) is 0 Å². The lowest BCUT2D eigenvalue weighted by atomic mass is 10.0. The van der Waals surface area contributed by atoms with E-state index in [1.807, 2.05) is 0 Å². The molecular weight excluding hydrogens is 334 g/mol. The van der Waals surface area contributed by atoms with Gasteiger partial charge in [-0.05, 0) is 24.6 Å². The Bertz CT molecular complexity index is 842. The van der Waals surface area contributed by atoms with Gasteiger partial charge in [0.15, 0.2) is 5.78 Å². The minimum Gasteiger partial charge on any atom is -0.480 e. The molecule has 0 aromatic heterocycles. The number of rotatable bonds is 7. The summed E-state index contributed by atoms with van der Waals surface area (Å²) in [6.07, 6.45) is 0.0881. The highest BCUT2D eigenvalue weighted by molar-refractivity contribution is 5.99. The molecule has 0 saturated carbocycles. The van der Waals surface area contributed by atoms with Crippen molar-refractivity contribution in [3.05, 3.63) is 70.8 Å². The molecule has 0 heterocycles. The molecule has 1 atom stereocenters. The number of carboxylic acid groups (broad SMARTS) is 1. The second-order valence-electron chi connectivity index (χ2n) is 5.81. The fourth-order valence-electron chi connectivity index (χ4n) is 2.35. The van der Waals surface area contributed by atoms with E-state index in [0.29, 0.717) is 16.7 Å². The van der Waals surface area contributed by atoms with Crippen LogP contribution in [0.15, 0.2) is 48.5 Å². The van der Waals surface area contributed by atoms with E-state index < -0.39 is 17.9 Å². The van der Waals surface area contributed by atoms with Gasteiger partial charge in [0.05, 0.1) is 0 Å². The zero-order valence-corrected chi connectivity index (χ0v) is 14.2. The van der Waals surface area contributed by atoms with E-state index in [0.717, 1.165) is 0 Å². The summed E-state index contributed by atoms with van der Waals surface area (Å²) in [6, 6.07) is 11.5. The van der Waals surface area contributed by atoms with Crippen LogP contribution in [0.25, 0.3) is 0 Å². The van der Waals surface area contributed by atoms with Crippen molar-refractivity contribution in [2.24, 2.45) is 5.73 Å². The monoisotopic (exact) mass is 353 g/mol. The molecule has 0 bridgehead atoms. The van der Waals surface area contributed by atoms with Crippen LogP contribution < -0.4 is 11.1 Å². The number of carbonyl (C=O) groups is 3. The molecule has 0 radical (unpaired) electrons. The smallest absolute Gasteiger partial charge is 0.326 e. The molecule has 5 N–H and O–H groups in total. The van der Waals surface area contributed by atoms with Crippen LogP contribution in [0.1, 0.15) is 38.8 Å². The average molecular weight is 353 g/mol. The summed E-state index contributed by atoms with van der Waals surface area (Å²) in [6.45, 7) is 1.45. The molecule has 2 aromatic carbocycles. The number of hydrogen-bond acceptors (Lipinski definition) is 4. The number of hydrogen-bond donors (Lipinski definition) is 4. The van der Waals surface area contributed by atoms with E-state index in [1.54, 1.807) is 24.3 Å². The zero-order chi connectivity index (χ0) is 19.3. The maximum atomic E-state index is 12.3. The molecule has 0 aliphatic rings. The molecule has 1 amide bonds. The number of ketones is 1. The highest BCUT2D eigenvalue weighted by atomic mass is 16.4. The maximum absolute atomic E-state index is 12.3. The number of amidine groups is 1. The average Bonchev–Trinajstić information content (AvgIpc) is 2.61. The van der Waals surface area contributed by atoms with Crippen LogP contribution in [0.4, 0.5) is 0 Å². The minimum atomic E-state index is -1.16. The van der Waals surface area contributed by atoms with E-state index in [4.69, 9.17) is 11.1 Å². The van der Waals surface area contributed by atoms with E-state index in [9.17, 15) is 19.5 Å². The molecule has 2 aromatic rings. The highest BCUT2D eigenvalue weighted by Gasteiger charge is 2.21. The molecule has 134 valence electrons. The summed E-state index contributed by atoms with van der Waals surface area (Å²) in [4.78, 5) is 35.0. The standard InChI is InChI=1S/C19H19N3O4/c1-11(23)13-4-2-12(3-5-13)10-16(19(25)26)22-18(24)15-8-6-14(7-9-15)17(20)21/h2-9,16H,10H2,1H3,(H3,20,21)(H,22,24)(H,25,26)/t16-/m0/s1. The third kappa shape index (κ3) is 4.76. The quantitative estimate of drug-likeness (QED) is 0.341. The van der Waals surface area contributed by atoms with Crippen molar-refractivity contribution in [2.45, 2.75) is 19.4 Å². The first kappa shape index (κ1) is 18.9. The Labute approximate surface area is 150 Å². The second kappa shape index (κ2) is 8.06. The molecule has 2 rings (SSSR count). The van der Waals surface area contributed by atoms with E-state index in [2.05, 4.69) is 5.32 Å². The summed E-state index contributed by atoms with van der Waals surface area (Å²) >= 11 is 0. The number of carboxylic acids is 1. The van der Waals surface area contributed by atoms with Crippen LogP contribution in [0.5, 0.6) is 0 Å². The lowest BCUT2D eigenvalue weighted by molar-refractivity contribution is -0.139. The van der Waals surface area contributed by atoms with Crippen LogP contribution in [0.3, 0.4) is 0 Å². The molecule has 0 unspecified atom stereocenters. The molecule has 0 saturated heterocycles. The second-order valence-corrected chi connectivity index (χ2v) is 5.81. The van der Waals surface area contributed by atoms with Crippen molar-refractivity contribution in [1.29, 1.82) is 5.41 Å². The number of benzene rings is 2. The molecule has 26 heavy (non-hydrogen) atoms. The van der Waals surface area contributed by atoms with E-state index >= 15 is 0 Å². The van der Waals surface area contributed by atoms with Gasteiger partial charge < -0.3 is 16.2 Å². The summed E-state index contributed by atoms with van der Waals surface area (Å²) in [5.41, 5.74) is 7.33. The zero-order valence-electron chi connectivity index (χ0n) is 14.2. The Morgan fingerprint density at radius 2 is 1.50 bits per heavy atom. The first-order valence-corrected chi connectivity index (χ1v) is 7.86.